The summed E-state index contributed by atoms with van der Waals surface area (Å²) >= 11 is 0. The number of ether oxygens (including phenoxy) is 2. The summed E-state index contributed by atoms with van der Waals surface area (Å²) in [5.41, 5.74) is 0. The molecule has 2 atom stereocenters. The second kappa shape index (κ2) is 22.3. The number of unbranched alkanes of at least 4 members (excludes halogenated alkanes) is 13. The van der Waals surface area contributed by atoms with Gasteiger partial charge in [-0.3, -0.25) is 9.05 Å². The van der Waals surface area contributed by atoms with Gasteiger partial charge in [-0.1, -0.05) is 90.4 Å². The molecule has 0 aromatic heterocycles. The maximum absolute atomic E-state index is 12.1. The first kappa shape index (κ1) is 35.3. The van der Waals surface area contributed by atoms with Crippen LogP contribution in [0.4, 0.5) is 4.79 Å². The SMILES string of the molecule is CCCCCCCCCCCCCCCCOC[C@H](COP(=O)(O)OCC[N+](C)(C)C)OC(=O)NC. The minimum Gasteiger partial charge on any atom is -0.441 e. The van der Waals surface area contributed by atoms with Gasteiger partial charge in [0, 0.05) is 13.7 Å². The van der Waals surface area contributed by atoms with Crippen LogP contribution in [-0.4, -0.2) is 82.7 Å². The summed E-state index contributed by atoms with van der Waals surface area (Å²) in [6.45, 7) is 3.23. The molecule has 0 bridgehead atoms. The van der Waals surface area contributed by atoms with Gasteiger partial charge in [0.2, 0.25) is 0 Å². The van der Waals surface area contributed by atoms with Crippen molar-refractivity contribution in [2.75, 3.05) is 61.2 Å². The van der Waals surface area contributed by atoms with Crippen LogP contribution in [0.5, 0.6) is 0 Å². The number of phosphoric acid groups is 1. The molecular weight excluding hydrogens is 483 g/mol. The lowest BCUT2D eigenvalue weighted by atomic mass is 10.0. The first-order valence-electron chi connectivity index (χ1n) is 14.0. The second-order valence-electron chi connectivity index (χ2n) is 10.6. The lowest BCUT2D eigenvalue weighted by molar-refractivity contribution is -0.870. The van der Waals surface area contributed by atoms with E-state index < -0.39 is 20.0 Å². The number of hydrogen-bond acceptors (Lipinski definition) is 6. The number of nitrogens with one attached hydrogen (secondary N) is 1. The molecule has 36 heavy (non-hydrogen) atoms. The van der Waals surface area contributed by atoms with Crippen LogP contribution in [0, 0.1) is 0 Å². The van der Waals surface area contributed by atoms with Crippen LogP contribution >= 0.6 is 7.82 Å². The highest BCUT2D eigenvalue weighted by molar-refractivity contribution is 7.47. The van der Waals surface area contributed by atoms with E-state index in [4.69, 9.17) is 18.5 Å². The zero-order valence-corrected chi connectivity index (χ0v) is 24.7. The van der Waals surface area contributed by atoms with Crippen LogP contribution in [0.1, 0.15) is 96.8 Å². The third kappa shape index (κ3) is 25.0. The Balaban J connectivity index is 3.88. The van der Waals surface area contributed by atoms with Gasteiger partial charge in [-0.15, -0.1) is 0 Å². The number of quaternary nitrogens is 1. The van der Waals surface area contributed by atoms with E-state index in [9.17, 15) is 14.3 Å². The van der Waals surface area contributed by atoms with Gasteiger partial charge in [-0.05, 0) is 6.42 Å². The van der Waals surface area contributed by atoms with Crippen molar-refractivity contribution >= 4 is 13.9 Å². The highest BCUT2D eigenvalue weighted by Gasteiger charge is 2.26. The molecule has 0 radical (unpaired) electrons. The van der Waals surface area contributed by atoms with Gasteiger partial charge in [0.25, 0.3) is 0 Å². The molecule has 0 saturated carbocycles. The Labute approximate surface area is 220 Å². The summed E-state index contributed by atoms with van der Waals surface area (Å²) in [5, 5.41) is 2.36. The first-order valence-corrected chi connectivity index (χ1v) is 15.5. The Morgan fingerprint density at radius 3 is 1.78 bits per heavy atom. The maximum atomic E-state index is 12.1. The van der Waals surface area contributed by atoms with Crippen molar-refractivity contribution in [1.29, 1.82) is 0 Å². The van der Waals surface area contributed by atoms with Gasteiger partial charge in [0.15, 0.2) is 6.10 Å². The highest BCUT2D eigenvalue weighted by atomic mass is 31.2. The van der Waals surface area contributed by atoms with Crippen molar-refractivity contribution in [1.82, 2.24) is 5.32 Å². The lowest BCUT2D eigenvalue weighted by Gasteiger charge is -2.24. The van der Waals surface area contributed by atoms with E-state index >= 15 is 0 Å². The number of amides is 1. The molecule has 9 nitrogen and oxygen atoms in total. The molecule has 1 unspecified atom stereocenters. The van der Waals surface area contributed by atoms with E-state index in [0.717, 1.165) is 12.8 Å². The van der Waals surface area contributed by atoms with E-state index in [0.29, 0.717) is 17.6 Å². The highest BCUT2D eigenvalue weighted by Crippen LogP contribution is 2.43. The third-order valence-electron chi connectivity index (χ3n) is 5.86. The fourth-order valence-electron chi connectivity index (χ4n) is 3.58. The molecule has 0 spiro atoms. The minimum absolute atomic E-state index is 0.0773. The summed E-state index contributed by atoms with van der Waals surface area (Å²) in [6.07, 6.45) is 16.6. The van der Waals surface area contributed by atoms with Gasteiger partial charge in [-0.2, -0.15) is 0 Å². The molecule has 0 aromatic carbocycles. The van der Waals surface area contributed by atoms with E-state index in [1.165, 1.54) is 84.1 Å². The summed E-state index contributed by atoms with van der Waals surface area (Å²) < 4.78 is 33.5. The van der Waals surface area contributed by atoms with Crippen molar-refractivity contribution in [3.8, 4) is 0 Å². The Morgan fingerprint density at radius 1 is 0.806 bits per heavy atom. The number of hydrogen-bond donors (Lipinski definition) is 2. The quantitative estimate of drug-likeness (QED) is 0.0827. The smallest absolute Gasteiger partial charge is 0.441 e. The van der Waals surface area contributed by atoms with E-state index in [2.05, 4.69) is 12.2 Å². The van der Waals surface area contributed by atoms with Gasteiger partial charge < -0.3 is 24.2 Å². The van der Waals surface area contributed by atoms with Gasteiger partial charge in [-0.25, -0.2) is 9.36 Å². The molecule has 0 aliphatic heterocycles. The van der Waals surface area contributed by atoms with E-state index in [-0.39, 0.29) is 19.8 Å². The molecule has 0 aliphatic carbocycles. The largest absolute Gasteiger partial charge is 0.472 e. The molecule has 0 rings (SSSR count). The lowest BCUT2D eigenvalue weighted by Crippen LogP contribution is -2.37. The number of alkyl carbamates (subject to hydrolysis) is 1. The van der Waals surface area contributed by atoms with Crippen LogP contribution in [0.2, 0.25) is 0 Å². The summed E-state index contributed by atoms with van der Waals surface area (Å²) in [4.78, 5) is 21.5. The van der Waals surface area contributed by atoms with Gasteiger partial charge in [0.05, 0.1) is 34.4 Å². The average molecular weight is 540 g/mol. The number of likely N-dealkylation sites (N-methyl/N-ethyl adjacent to an activating group) is 1. The number of nitrogens with zero attached hydrogens (tertiary/aromatic N) is 1. The maximum Gasteiger partial charge on any atom is 0.472 e. The molecule has 0 saturated heterocycles. The average Bonchev–Trinajstić information content (AvgIpc) is 2.81. The molecule has 0 fully saturated rings. The van der Waals surface area contributed by atoms with Crippen molar-refractivity contribution < 1.29 is 37.3 Å². The van der Waals surface area contributed by atoms with E-state index in [1.807, 2.05) is 21.1 Å². The molecule has 0 aliphatic rings. The van der Waals surface area contributed by atoms with Crippen molar-refractivity contribution in [2.45, 2.75) is 103 Å². The number of phosphoric ester groups is 1. The van der Waals surface area contributed by atoms with Crippen molar-refractivity contribution in [2.24, 2.45) is 0 Å². The van der Waals surface area contributed by atoms with Crippen LogP contribution in [0.25, 0.3) is 0 Å². The number of rotatable bonds is 25. The Bertz CT molecular complexity index is 573. The predicted molar refractivity (Wildman–Crippen MR) is 145 cm³/mol. The van der Waals surface area contributed by atoms with Crippen LogP contribution in [0.15, 0.2) is 0 Å². The molecule has 0 heterocycles. The Hall–Kier alpha value is -0.700. The Morgan fingerprint density at radius 2 is 1.31 bits per heavy atom. The topological polar surface area (TPSA) is 103 Å². The molecular formula is C26H56N2O7P+. The zero-order valence-electron chi connectivity index (χ0n) is 23.8. The van der Waals surface area contributed by atoms with E-state index in [1.54, 1.807) is 0 Å². The Kier molecular flexibility index (Phi) is 21.9. The first-order chi connectivity index (χ1) is 17.1. The predicted octanol–water partition coefficient (Wildman–Crippen LogP) is 6.05. The van der Waals surface area contributed by atoms with Crippen molar-refractivity contribution in [3.63, 3.8) is 0 Å². The molecule has 216 valence electrons. The fourth-order valence-corrected chi connectivity index (χ4v) is 4.33. The second-order valence-corrected chi connectivity index (χ2v) is 12.0. The zero-order chi connectivity index (χ0) is 27.1. The van der Waals surface area contributed by atoms with Crippen molar-refractivity contribution in [3.05, 3.63) is 0 Å². The van der Waals surface area contributed by atoms with Crippen LogP contribution in [-0.2, 0) is 23.1 Å². The molecule has 1 amide bonds. The standard InChI is InChI=1S/C26H55N2O7P/c1-6-7-8-9-10-11-12-13-14-15-16-17-18-19-21-32-23-25(35-26(29)27-2)24-34-36(30,31)33-22-20-28(3,4)5/h25H,6-24H2,1-5H3,(H-,27,29,30,31)/p+1/t25-/m1/s1. The summed E-state index contributed by atoms with van der Waals surface area (Å²) in [7, 11) is 3.07. The number of carbonyl (C=O) groups excluding carboxylic acids is 1. The summed E-state index contributed by atoms with van der Waals surface area (Å²) in [5.74, 6) is 0. The molecule has 0 aromatic rings. The third-order valence-corrected chi connectivity index (χ3v) is 6.85. The van der Waals surface area contributed by atoms with Gasteiger partial charge >= 0.3 is 13.9 Å². The fraction of sp³-hybridized carbons (Fsp3) is 0.962. The normalized spacial score (nSPS) is 14.4. The monoisotopic (exact) mass is 539 g/mol. The van der Waals surface area contributed by atoms with Gasteiger partial charge in [0.1, 0.15) is 13.2 Å². The molecule has 10 heteroatoms. The minimum atomic E-state index is -4.24. The number of carbonyl (C=O) groups is 1. The van der Waals surface area contributed by atoms with Crippen LogP contribution in [0.3, 0.4) is 0 Å². The summed E-state index contributed by atoms with van der Waals surface area (Å²) in [6, 6.07) is 0. The molecule has 2 N–H and O–H groups in total. The van der Waals surface area contributed by atoms with Crippen LogP contribution < -0.4 is 5.32 Å².